The molecule has 0 spiro atoms. The minimum atomic E-state index is -0.169. The lowest BCUT2D eigenvalue weighted by atomic mass is 10.0. The fraction of sp³-hybridized carbons (Fsp3) is 0.214. The molecular weight excluding hydrogens is 280 g/mol. The van der Waals surface area contributed by atoms with Crippen molar-refractivity contribution >= 4 is 32.7 Å². The maximum atomic E-state index is 11.1. The number of esters is 1. The average molecular weight is 293 g/mol. The molecule has 0 atom stereocenters. The van der Waals surface area contributed by atoms with Gasteiger partial charge in [0.1, 0.15) is 0 Å². The third-order valence-corrected chi connectivity index (χ3v) is 3.43. The Hall–Kier alpha value is -1.35. The number of hydrogen-bond donors (Lipinski definition) is 0. The fourth-order valence-corrected chi connectivity index (χ4v) is 2.28. The summed E-state index contributed by atoms with van der Waals surface area (Å²) in [6.45, 7) is 0. The zero-order valence-electron chi connectivity index (χ0n) is 9.57. The van der Waals surface area contributed by atoms with E-state index in [9.17, 15) is 4.79 Å². The number of fused-ring (bicyclic) bond motifs is 1. The lowest BCUT2D eigenvalue weighted by molar-refractivity contribution is -0.140. The Bertz CT molecular complexity index is 549. The van der Waals surface area contributed by atoms with Gasteiger partial charge in [-0.25, -0.2) is 0 Å². The highest BCUT2D eigenvalue weighted by Crippen LogP contribution is 2.25. The van der Waals surface area contributed by atoms with E-state index in [0.717, 1.165) is 10.0 Å². The number of ether oxygens (including phenoxy) is 1. The minimum Gasteiger partial charge on any atom is -0.469 e. The van der Waals surface area contributed by atoms with E-state index in [1.807, 2.05) is 12.1 Å². The molecule has 0 aliphatic carbocycles. The van der Waals surface area contributed by atoms with Gasteiger partial charge in [0.2, 0.25) is 0 Å². The molecule has 0 radical (unpaired) electrons. The summed E-state index contributed by atoms with van der Waals surface area (Å²) in [6, 6.07) is 12.4. The standard InChI is InChI=1S/C14H13BrO2/c1-17-14(16)8-6-10-5-7-11-3-2-4-13(15)12(11)9-10/h2-5,7,9H,6,8H2,1H3. The van der Waals surface area contributed by atoms with Crippen LogP contribution >= 0.6 is 15.9 Å². The SMILES string of the molecule is COC(=O)CCc1ccc2cccc(Br)c2c1. The maximum Gasteiger partial charge on any atom is 0.305 e. The van der Waals surface area contributed by atoms with Gasteiger partial charge in [-0.15, -0.1) is 0 Å². The highest BCUT2D eigenvalue weighted by atomic mass is 79.9. The number of rotatable bonds is 3. The third-order valence-electron chi connectivity index (χ3n) is 2.74. The molecule has 0 aromatic heterocycles. The van der Waals surface area contributed by atoms with Crippen LogP contribution in [0, 0.1) is 0 Å². The molecular formula is C14H13BrO2. The van der Waals surface area contributed by atoms with Gasteiger partial charge in [0.25, 0.3) is 0 Å². The van der Waals surface area contributed by atoms with Gasteiger partial charge in [-0.05, 0) is 28.8 Å². The van der Waals surface area contributed by atoms with Crippen molar-refractivity contribution in [2.75, 3.05) is 7.11 Å². The van der Waals surface area contributed by atoms with Crippen LogP contribution in [0.3, 0.4) is 0 Å². The van der Waals surface area contributed by atoms with Crippen molar-refractivity contribution in [2.45, 2.75) is 12.8 Å². The molecule has 2 aromatic carbocycles. The average Bonchev–Trinajstić information content (AvgIpc) is 2.36. The first kappa shape index (κ1) is 12.1. The molecule has 0 aliphatic heterocycles. The highest BCUT2D eigenvalue weighted by Gasteiger charge is 2.03. The second-order valence-electron chi connectivity index (χ2n) is 3.87. The molecule has 0 heterocycles. The van der Waals surface area contributed by atoms with E-state index in [-0.39, 0.29) is 5.97 Å². The predicted molar refractivity (Wildman–Crippen MR) is 72.0 cm³/mol. The first-order valence-electron chi connectivity index (χ1n) is 5.44. The van der Waals surface area contributed by atoms with Crippen LogP contribution in [-0.4, -0.2) is 13.1 Å². The molecule has 0 bridgehead atoms. The van der Waals surface area contributed by atoms with Crippen molar-refractivity contribution in [1.82, 2.24) is 0 Å². The number of hydrogen-bond acceptors (Lipinski definition) is 2. The van der Waals surface area contributed by atoms with E-state index < -0.39 is 0 Å². The minimum absolute atomic E-state index is 0.169. The molecule has 0 amide bonds. The number of carbonyl (C=O) groups excluding carboxylic acids is 1. The Morgan fingerprint density at radius 3 is 2.88 bits per heavy atom. The molecule has 0 unspecified atom stereocenters. The van der Waals surface area contributed by atoms with Crippen molar-refractivity contribution in [1.29, 1.82) is 0 Å². The number of halogens is 1. The molecule has 0 fully saturated rings. The van der Waals surface area contributed by atoms with Crippen LogP contribution in [0.25, 0.3) is 10.8 Å². The van der Waals surface area contributed by atoms with Crippen LogP contribution in [0.15, 0.2) is 40.9 Å². The Kier molecular flexibility index (Phi) is 3.79. The van der Waals surface area contributed by atoms with Crippen LogP contribution in [0.1, 0.15) is 12.0 Å². The highest BCUT2D eigenvalue weighted by molar-refractivity contribution is 9.10. The van der Waals surface area contributed by atoms with Gasteiger partial charge >= 0.3 is 5.97 Å². The maximum absolute atomic E-state index is 11.1. The molecule has 17 heavy (non-hydrogen) atoms. The summed E-state index contributed by atoms with van der Waals surface area (Å²) in [5.41, 5.74) is 1.15. The zero-order chi connectivity index (χ0) is 12.3. The Morgan fingerprint density at radius 1 is 1.29 bits per heavy atom. The first-order valence-corrected chi connectivity index (χ1v) is 6.24. The largest absolute Gasteiger partial charge is 0.469 e. The second-order valence-corrected chi connectivity index (χ2v) is 4.73. The number of aryl methyl sites for hydroxylation is 1. The molecule has 0 aliphatic rings. The molecule has 3 heteroatoms. The zero-order valence-corrected chi connectivity index (χ0v) is 11.2. The summed E-state index contributed by atoms with van der Waals surface area (Å²) < 4.78 is 5.71. The van der Waals surface area contributed by atoms with Crippen molar-refractivity contribution in [3.8, 4) is 0 Å². The van der Waals surface area contributed by atoms with Crippen LogP contribution < -0.4 is 0 Å². The summed E-state index contributed by atoms with van der Waals surface area (Å²) in [5, 5.41) is 2.37. The topological polar surface area (TPSA) is 26.3 Å². The Morgan fingerprint density at radius 2 is 2.12 bits per heavy atom. The van der Waals surface area contributed by atoms with E-state index in [2.05, 4.69) is 44.9 Å². The van der Waals surface area contributed by atoms with Gasteiger partial charge in [0, 0.05) is 10.9 Å². The van der Waals surface area contributed by atoms with Gasteiger partial charge in [-0.1, -0.05) is 46.3 Å². The Balaban J connectivity index is 2.25. The predicted octanol–water partition coefficient (Wildman–Crippen LogP) is 3.71. The van der Waals surface area contributed by atoms with Crippen LogP contribution in [0.4, 0.5) is 0 Å². The third kappa shape index (κ3) is 2.86. The van der Waals surface area contributed by atoms with Gasteiger partial charge < -0.3 is 4.74 Å². The van der Waals surface area contributed by atoms with Crippen molar-refractivity contribution in [3.63, 3.8) is 0 Å². The van der Waals surface area contributed by atoms with E-state index in [0.29, 0.717) is 12.8 Å². The van der Waals surface area contributed by atoms with E-state index in [1.54, 1.807) is 0 Å². The van der Waals surface area contributed by atoms with Crippen molar-refractivity contribution < 1.29 is 9.53 Å². The van der Waals surface area contributed by atoms with Gasteiger partial charge in [-0.3, -0.25) is 4.79 Å². The van der Waals surface area contributed by atoms with E-state index >= 15 is 0 Å². The normalized spacial score (nSPS) is 10.5. The summed E-state index contributed by atoms with van der Waals surface area (Å²) >= 11 is 3.53. The van der Waals surface area contributed by atoms with Gasteiger partial charge in [0.15, 0.2) is 0 Å². The number of benzene rings is 2. The van der Waals surface area contributed by atoms with E-state index in [4.69, 9.17) is 0 Å². The molecule has 0 saturated heterocycles. The molecule has 2 rings (SSSR count). The Labute approximate surface area is 109 Å². The molecule has 2 nitrogen and oxygen atoms in total. The van der Waals surface area contributed by atoms with Crippen LogP contribution in [-0.2, 0) is 16.0 Å². The smallest absolute Gasteiger partial charge is 0.305 e. The quantitative estimate of drug-likeness (QED) is 0.806. The van der Waals surface area contributed by atoms with Crippen molar-refractivity contribution in [3.05, 3.63) is 46.4 Å². The summed E-state index contributed by atoms with van der Waals surface area (Å²) in [4.78, 5) is 11.1. The lowest BCUT2D eigenvalue weighted by Crippen LogP contribution is -2.01. The summed E-state index contributed by atoms with van der Waals surface area (Å²) in [5.74, 6) is -0.169. The molecule has 0 N–H and O–H groups in total. The second kappa shape index (κ2) is 5.32. The van der Waals surface area contributed by atoms with Crippen LogP contribution in [0.5, 0.6) is 0 Å². The fourth-order valence-electron chi connectivity index (χ4n) is 1.79. The van der Waals surface area contributed by atoms with E-state index in [1.165, 1.54) is 17.9 Å². The lowest BCUT2D eigenvalue weighted by Gasteiger charge is -2.04. The molecule has 0 saturated carbocycles. The number of methoxy groups -OCH3 is 1. The van der Waals surface area contributed by atoms with Gasteiger partial charge in [-0.2, -0.15) is 0 Å². The monoisotopic (exact) mass is 292 g/mol. The summed E-state index contributed by atoms with van der Waals surface area (Å²) in [6.07, 6.45) is 1.14. The van der Waals surface area contributed by atoms with Crippen molar-refractivity contribution in [2.24, 2.45) is 0 Å². The molecule has 2 aromatic rings. The number of carbonyl (C=O) groups is 1. The van der Waals surface area contributed by atoms with Gasteiger partial charge in [0.05, 0.1) is 7.11 Å². The first-order chi connectivity index (χ1) is 8.20. The van der Waals surface area contributed by atoms with Crippen LogP contribution in [0.2, 0.25) is 0 Å². The summed E-state index contributed by atoms with van der Waals surface area (Å²) in [7, 11) is 1.42. The molecule has 88 valence electrons.